The second kappa shape index (κ2) is 6.26. The summed E-state index contributed by atoms with van der Waals surface area (Å²) in [6, 6.07) is 7.47. The summed E-state index contributed by atoms with van der Waals surface area (Å²) >= 11 is 1.30. The molecule has 0 aliphatic rings. The molecule has 1 amide bonds. The highest BCUT2D eigenvalue weighted by Crippen LogP contribution is 2.27. The second-order valence-electron chi connectivity index (χ2n) is 3.62. The van der Waals surface area contributed by atoms with Gasteiger partial charge in [-0.1, -0.05) is 11.3 Å². The maximum atomic E-state index is 11.3. The second-order valence-corrected chi connectivity index (χ2v) is 4.60. The van der Waals surface area contributed by atoms with Crippen molar-refractivity contribution in [2.45, 2.75) is 0 Å². The smallest absolute Gasteiger partial charge is 0.252 e. The number of benzene rings is 1. The van der Waals surface area contributed by atoms with Crippen molar-refractivity contribution in [3.63, 3.8) is 0 Å². The quantitative estimate of drug-likeness (QED) is 0.903. The van der Waals surface area contributed by atoms with Crippen LogP contribution >= 0.6 is 11.3 Å². The van der Waals surface area contributed by atoms with Gasteiger partial charge in [-0.15, -0.1) is 10.2 Å². The number of anilines is 1. The molecule has 6 nitrogen and oxygen atoms in total. The van der Waals surface area contributed by atoms with E-state index in [1.807, 2.05) is 24.3 Å². The molecule has 1 N–H and O–H groups in total. The molecule has 0 spiro atoms. The van der Waals surface area contributed by atoms with Crippen molar-refractivity contribution in [3.8, 4) is 16.3 Å². The first-order valence-electron chi connectivity index (χ1n) is 5.49. The lowest BCUT2D eigenvalue weighted by Gasteiger charge is -1.99. The van der Waals surface area contributed by atoms with Gasteiger partial charge >= 0.3 is 0 Å². The molecule has 0 radical (unpaired) electrons. The van der Waals surface area contributed by atoms with E-state index in [-0.39, 0.29) is 12.5 Å². The normalized spacial score (nSPS) is 10.2. The van der Waals surface area contributed by atoms with Gasteiger partial charge in [0.1, 0.15) is 17.4 Å². The molecular weight excluding hydrogens is 266 g/mol. The molecule has 0 aliphatic carbocycles. The van der Waals surface area contributed by atoms with E-state index in [1.165, 1.54) is 18.4 Å². The fourth-order valence-corrected chi connectivity index (χ4v) is 2.18. The van der Waals surface area contributed by atoms with E-state index in [0.717, 1.165) is 16.3 Å². The van der Waals surface area contributed by atoms with E-state index in [2.05, 4.69) is 15.5 Å². The first-order valence-corrected chi connectivity index (χ1v) is 6.31. The van der Waals surface area contributed by atoms with Gasteiger partial charge in [-0.05, 0) is 24.3 Å². The lowest BCUT2D eigenvalue weighted by molar-refractivity contribution is -0.119. The number of nitrogens with zero attached hydrogens (tertiary/aromatic N) is 2. The van der Waals surface area contributed by atoms with Gasteiger partial charge in [0.2, 0.25) is 5.13 Å². The van der Waals surface area contributed by atoms with Crippen molar-refractivity contribution in [2.75, 3.05) is 26.1 Å². The van der Waals surface area contributed by atoms with Crippen molar-refractivity contribution < 1.29 is 14.3 Å². The summed E-state index contributed by atoms with van der Waals surface area (Å²) in [5, 5.41) is 11.7. The third-order valence-electron chi connectivity index (χ3n) is 2.28. The molecule has 100 valence electrons. The molecule has 0 bridgehead atoms. The molecule has 1 aromatic carbocycles. The van der Waals surface area contributed by atoms with E-state index in [1.54, 1.807) is 7.11 Å². The van der Waals surface area contributed by atoms with Crippen molar-refractivity contribution >= 4 is 22.4 Å². The molecule has 0 fully saturated rings. The number of amides is 1. The van der Waals surface area contributed by atoms with Gasteiger partial charge in [0.25, 0.3) is 5.91 Å². The maximum absolute atomic E-state index is 11.3. The predicted octanol–water partition coefficient (Wildman–Crippen LogP) is 1.80. The van der Waals surface area contributed by atoms with Crippen LogP contribution in [0.4, 0.5) is 5.13 Å². The monoisotopic (exact) mass is 279 g/mol. The van der Waals surface area contributed by atoms with Crippen molar-refractivity contribution in [1.29, 1.82) is 0 Å². The van der Waals surface area contributed by atoms with Crippen LogP contribution in [0, 0.1) is 0 Å². The van der Waals surface area contributed by atoms with E-state index >= 15 is 0 Å². The Morgan fingerprint density at radius 2 is 2.00 bits per heavy atom. The number of hydrogen-bond acceptors (Lipinski definition) is 6. The zero-order valence-corrected chi connectivity index (χ0v) is 11.4. The Bertz CT molecular complexity index is 554. The Hall–Kier alpha value is -1.99. The molecule has 0 aliphatic heterocycles. The Morgan fingerprint density at radius 1 is 1.26 bits per heavy atom. The molecular formula is C12H13N3O3S. The SMILES string of the molecule is COCC(=O)Nc1nnc(-c2ccc(OC)cc2)s1. The number of hydrogen-bond donors (Lipinski definition) is 1. The van der Waals surface area contributed by atoms with Crippen LogP contribution in [-0.2, 0) is 9.53 Å². The van der Waals surface area contributed by atoms with Crippen LogP contribution in [0.15, 0.2) is 24.3 Å². The molecule has 0 saturated carbocycles. The van der Waals surface area contributed by atoms with Crippen molar-refractivity contribution in [3.05, 3.63) is 24.3 Å². The van der Waals surface area contributed by atoms with Crippen LogP contribution in [0.2, 0.25) is 0 Å². The summed E-state index contributed by atoms with van der Waals surface area (Å²) in [5.41, 5.74) is 0.922. The Kier molecular flexibility index (Phi) is 4.43. The Balaban J connectivity index is 2.09. The van der Waals surface area contributed by atoms with Gasteiger partial charge in [0.15, 0.2) is 0 Å². The van der Waals surface area contributed by atoms with Crippen LogP contribution in [-0.4, -0.2) is 36.9 Å². The van der Waals surface area contributed by atoms with Gasteiger partial charge in [0, 0.05) is 12.7 Å². The Morgan fingerprint density at radius 3 is 2.63 bits per heavy atom. The number of carbonyl (C=O) groups excluding carboxylic acids is 1. The lowest BCUT2D eigenvalue weighted by atomic mass is 10.2. The van der Waals surface area contributed by atoms with E-state index in [0.29, 0.717) is 5.13 Å². The zero-order valence-electron chi connectivity index (χ0n) is 10.5. The number of ether oxygens (including phenoxy) is 2. The summed E-state index contributed by atoms with van der Waals surface area (Å²) in [7, 11) is 3.08. The standard InChI is InChI=1S/C12H13N3O3S/c1-17-7-10(16)13-12-15-14-11(19-12)8-3-5-9(18-2)6-4-8/h3-6H,7H2,1-2H3,(H,13,15,16). The van der Waals surface area contributed by atoms with Crippen molar-refractivity contribution in [1.82, 2.24) is 10.2 Å². The number of methoxy groups -OCH3 is 2. The lowest BCUT2D eigenvalue weighted by Crippen LogP contribution is -2.16. The van der Waals surface area contributed by atoms with Crippen LogP contribution < -0.4 is 10.1 Å². The Labute approximate surface area is 114 Å². The minimum atomic E-state index is -0.250. The molecule has 2 rings (SSSR count). The summed E-state index contributed by atoms with van der Waals surface area (Å²) in [4.78, 5) is 11.3. The van der Waals surface area contributed by atoms with E-state index in [9.17, 15) is 4.79 Å². The highest BCUT2D eigenvalue weighted by Gasteiger charge is 2.09. The summed E-state index contributed by atoms with van der Waals surface area (Å²) in [6.07, 6.45) is 0. The average molecular weight is 279 g/mol. The molecule has 1 heterocycles. The highest BCUT2D eigenvalue weighted by molar-refractivity contribution is 7.18. The number of nitrogens with one attached hydrogen (secondary N) is 1. The zero-order chi connectivity index (χ0) is 13.7. The summed E-state index contributed by atoms with van der Waals surface area (Å²) in [5.74, 6) is 0.529. The number of aromatic nitrogens is 2. The first kappa shape index (κ1) is 13.4. The van der Waals surface area contributed by atoms with Crippen LogP contribution in [0.1, 0.15) is 0 Å². The number of rotatable bonds is 5. The highest BCUT2D eigenvalue weighted by atomic mass is 32.1. The molecule has 19 heavy (non-hydrogen) atoms. The molecule has 7 heteroatoms. The third kappa shape index (κ3) is 3.49. The molecule has 2 aromatic rings. The van der Waals surface area contributed by atoms with Crippen LogP contribution in [0.25, 0.3) is 10.6 Å². The summed E-state index contributed by atoms with van der Waals surface area (Å²) in [6.45, 7) is -0.00253. The minimum Gasteiger partial charge on any atom is -0.497 e. The van der Waals surface area contributed by atoms with Gasteiger partial charge in [0.05, 0.1) is 7.11 Å². The third-order valence-corrected chi connectivity index (χ3v) is 3.17. The fraction of sp³-hybridized carbons (Fsp3) is 0.250. The van der Waals surface area contributed by atoms with Crippen LogP contribution in [0.3, 0.4) is 0 Å². The summed E-state index contributed by atoms with van der Waals surface area (Å²) < 4.78 is 9.81. The van der Waals surface area contributed by atoms with Gasteiger partial charge in [-0.2, -0.15) is 0 Å². The molecule has 1 aromatic heterocycles. The van der Waals surface area contributed by atoms with Gasteiger partial charge < -0.3 is 9.47 Å². The minimum absolute atomic E-state index is 0.00253. The largest absolute Gasteiger partial charge is 0.497 e. The molecule has 0 saturated heterocycles. The topological polar surface area (TPSA) is 73.3 Å². The molecule has 0 atom stereocenters. The first-order chi connectivity index (χ1) is 9.22. The molecule has 0 unspecified atom stereocenters. The maximum Gasteiger partial charge on any atom is 0.252 e. The van der Waals surface area contributed by atoms with Gasteiger partial charge in [-0.25, -0.2) is 0 Å². The number of carbonyl (C=O) groups is 1. The average Bonchev–Trinajstić information content (AvgIpc) is 2.87. The van der Waals surface area contributed by atoms with E-state index in [4.69, 9.17) is 9.47 Å². The predicted molar refractivity (Wildman–Crippen MR) is 72.4 cm³/mol. The fourth-order valence-electron chi connectivity index (χ4n) is 1.41. The van der Waals surface area contributed by atoms with Crippen LogP contribution in [0.5, 0.6) is 5.75 Å². The van der Waals surface area contributed by atoms with E-state index < -0.39 is 0 Å². The van der Waals surface area contributed by atoms with Crippen molar-refractivity contribution in [2.24, 2.45) is 0 Å². The van der Waals surface area contributed by atoms with Gasteiger partial charge in [-0.3, -0.25) is 10.1 Å².